The number of methoxy groups -OCH3 is 1. The maximum Gasteiger partial charge on any atom is 0.160 e. The first-order valence-electron chi connectivity index (χ1n) is 7.19. The highest BCUT2D eigenvalue weighted by molar-refractivity contribution is 5.11. The van der Waals surface area contributed by atoms with Crippen LogP contribution in [0.1, 0.15) is 51.0 Å². The molecule has 1 saturated carbocycles. The Morgan fingerprint density at radius 1 is 1.58 bits per heavy atom. The molecular weight excluding hydrogens is 238 g/mol. The topological polar surface area (TPSA) is 61.0 Å². The van der Waals surface area contributed by atoms with Crippen molar-refractivity contribution in [3.8, 4) is 0 Å². The largest absolute Gasteiger partial charge is 0.370 e. The summed E-state index contributed by atoms with van der Waals surface area (Å²) in [6.45, 7) is 4.27. The molecule has 1 aliphatic rings. The molecule has 0 saturated heterocycles. The normalized spacial score (nSPS) is 29.2. The Hall–Kier alpha value is -1.00. The molecular formula is C15H25N3O. The van der Waals surface area contributed by atoms with Crippen LogP contribution in [0.3, 0.4) is 0 Å². The van der Waals surface area contributed by atoms with Gasteiger partial charge in [-0.1, -0.05) is 13.3 Å². The summed E-state index contributed by atoms with van der Waals surface area (Å²) in [4.78, 5) is 9.17. The Labute approximate surface area is 115 Å². The molecule has 0 aromatic carbocycles. The second kappa shape index (κ2) is 5.97. The van der Waals surface area contributed by atoms with Gasteiger partial charge in [-0.3, -0.25) is 0 Å². The van der Waals surface area contributed by atoms with Gasteiger partial charge in [0.1, 0.15) is 5.60 Å². The first-order chi connectivity index (χ1) is 9.05. The third-order valence-corrected chi connectivity index (χ3v) is 4.00. The van der Waals surface area contributed by atoms with Gasteiger partial charge in [0.15, 0.2) is 5.82 Å². The minimum absolute atomic E-state index is 0.117. The highest BCUT2D eigenvalue weighted by Crippen LogP contribution is 2.40. The summed E-state index contributed by atoms with van der Waals surface area (Å²) in [6.07, 6.45) is 7.08. The summed E-state index contributed by atoms with van der Waals surface area (Å²) >= 11 is 0. The lowest BCUT2D eigenvalue weighted by Crippen LogP contribution is -2.36. The lowest BCUT2D eigenvalue weighted by atomic mass is 9.78. The van der Waals surface area contributed by atoms with Crippen LogP contribution < -0.4 is 5.73 Å². The van der Waals surface area contributed by atoms with Crippen LogP contribution in [-0.2, 0) is 16.8 Å². The number of nitrogens with two attached hydrogens (primary N) is 1. The van der Waals surface area contributed by atoms with Gasteiger partial charge in [-0.25, -0.2) is 9.97 Å². The molecule has 1 aliphatic carbocycles. The van der Waals surface area contributed by atoms with E-state index in [4.69, 9.17) is 15.5 Å². The molecule has 106 valence electrons. The van der Waals surface area contributed by atoms with E-state index in [1.807, 2.05) is 19.2 Å². The highest BCUT2D eigenvalue weighted by Gasteiger charge is 2.39. The Morgan fingerprint density at radius 3 is 3.00 bits per heavy atom. The van der Waals surface area contributed by atoms with Crippen LogP contribution in [0.25, 0.3) is 0 Å². The monoisotopic (exact) mass is 263 g/mol. The number of nitrogens with zero attached hydrogens (tertiary/aromatic N) is 2. The van der Waals surface area contributed by atoms with E-state index in [1.165, 1.54) is 12.8 Å². The number of aromatic nitrogens is 2. The predicted molar refractivity (Wildman–Crippen MR) is 75.7 cm³/mol. The zero-order valence-electron chi connectivity index (χ0n) is 12.2. The van der Waals surface area contributed by atoms with Crippen LogP contribution in [0, 0.1) is 5.92 Å². The molecule has 4 nitrogen and oxygen atoms in total. The predicted octanol–water partition coefficient (Wildman–Crippen LogP) is 2.42. The maximum atomic E-state index is 5.85. The van der Waals surface area contributed by atoms with Gasteiger partial charge in [0.05, 0.1) is 0 Å². The summed E-state index contributed by atoms with van der Waals surface area (Å²) in [5.74, 6) is 1.49. The Bertz CT molecular complexity index is 422. The fourth-order valence-corrected chi connectivity index (χ4v) is 3.04. The molecule has 19 heavy (non-hydrogen) atoms. The first kappa shape index (κ1) is 14.4. The Morgan fingerprint density at radius 2 is 2.37 bits per heavy atom. The van der Waals surface area contributed by atoms with Crippen molar-refractivity contribution >= 4 is 0 Å². The molecule has 1 aromatic heterocycles. The van der Waals surface area contributed by atoms with Crippen molar-refractivity contribution in [3.05, 3.63) is 23.8 Å². The summed E-state index contributed by atoms with van der Waals surface area (Å²) in [6, 6.07) is 2.06. The molecule has 2 N–H and O–H groups in total. The first-order valence-corrected chi connectivity index (χ1v) is 7.19. The molecule has 3 atom stereocenters. The fraction of sp³-hybridized carbons (Fsp3) is 0.733. The fourth-order valence-electron chi connectivity index (χ4n) is 3.04. The van der Waals surface area contributed by atoms with Crippen LogP contribution in [0.4, 0.5) is 0 Å². The van der Waals surface area contributed by atoms with Crippen molar-refractivity contribution in [1.82, 2.24) is 9.97 Å². The molecule has 4 heteroatoms. The van der Waals surface area contributed by atoms with Crippen LogP contribution in [-0.4, -0.2) is 23.1 Å². The smallest absolute Gasteiger partial charge is 0.160 e. The van der Waals surface area contributed by atoms with Crippen molar-refractivity contribution in [1.29, 1.82) is 0 Å². The van der Waals surface area contributed by atoms with Crippen LogP contribution >= 0.6 is 0 Å². The minimum atomic E-state index is -0.300. The van der Waals surface area contributed by atoms with Gasteiger partial charge in [0, 0.05) is 31.5 Å². The Balaban J connectivity index is 2.27. The quantitative estimate of drug-likeness (QED) is 0.906. The van der Waals surface area contributed by atoms with E-state index in [1.54, 1.807) is 7.11 Å². The summed E-state index contributed by atoms with van der Waals surface area (Å²) in [5, 5.41) is 0. The molecule has 1 aromatic rings. The molecule has 2 rings (SSSR count). The summed E-state index contributed by atoms with van der Waals surface area (Å²) in [7, 11) is 1.78. The average Bonchev–Trinajstić information content (AvgIpc) is 2.38. The minimum Gasteiger partial charge on any atom is -0.370 e. The van der Waals surface area contributed by atoms with Gasteiger partial charge in [-0.05, 0) is 38.2 Å². The van der Waals surface area contributed by atoms with Crippen LogP contribution in [0.15, 0.2) is 12.3 Å². The average molecular weight is 263 g/mol. The number of rotatable bonds is 4. The zero-order valence-corrected chi connectivity index (χ0v) is 12.2. The van der Waals surface area contributed by atoms with Crippen LogP contribution in [0.2, 0.25) is 0 Å². The van der Waals surface area contributed by atoms with E-state index < -0.39 is 0 Å². The number of ether oxygens (including phenoxy) is 1. The van der Waals surface area contributed by atoms with Gasteiger partial charge in [-0.2, -0.15) is 0 Å². The molecule has 0 amide bonds. The van der Waals surface area contributed by atoms with E-state index in [0.717, 1.165) is 30.8 Å². The lowest BCUT2D eigenvalue weighted by molar-refractivity contribution is -0.0647. The van der Waals surface area contributed by atoms with Gasteiger partial charge in [-0.15, -0.1) is 0 Å². The summed E-state index contributed by atoms with van der Waals surface area (Å²) in [5.41, 5.74) is 6.56. The van der Waals surface area contributed by atoms with Gasteiger partial charge < -0.3 is 10.5 Å². The van der Waals surface area contributed by atoms with Crippen LogP contribution in [0.5, 0.6) is 0 Å². The van der Waals surface area contributed by atoms with E-state index in [2.05, 4.69) is 11.9 Å². The third kappa shape index (κ3) is 3.31. The van der Waals surface area contributed by atoms with E-state index in [0.29, 0.717) is 5.92 Å². The number of hydrogen-bond acceptors (Lipinski definition) is 4. The van der Waals surface area contributed by atoms with E-state index in [-0.39, 0.29) is 11.6 Å². The molecule has 1 fully saturated rings. The third-order valence-electron chi connectivity index (χ3n) is 4.00. The zero-order chi connectivity index (χ0) is 13.9. The van der Waals surface area contributed by atoms with Gasteiger partial charge in [0.2, 0.25) is 0 Å². The Kier molecular flexibility index (Phi) is 4.53. The highest BCUT2D eigenvalue weighted by atomic mass is 16.5. The molecule has 0 aliphatic heterocycles. The van der Waals surface area contributed by atoms with Crippen molar-refractivity contribution in [2.45, 2.75) is 57.6 Å². The molecule has 0 bridgehead atoms. The second-order valence-electron chi connectivity index (χ2n) is 5.95. The van der Waals surface area contributed by atoms with Crippen molar-refractivity contribution < 1.29 is 4.74 Å². The van der Waals surface area contributed by atoms with E-state index >= 15 is 0 Å². The van der Waals surface area contributed by atoms with Crippen molar-refractivity contribution in [2.75, 3.05) is 7.11 Å². The second-order valence-corrected chi connectivity index (χ2v) is 5.95. The standard InChI is InChI=1S/C15H25N3O/c1-11-5-4-7-15(10-11,19-3)14-17-8-6-13(18-14)9-12(2)16/h6,8,11-12H,4-5,7,9-10,16H2,1-3H3. The number of hydrogen-bond donors (Lipinski definition) is 1. The lowest BCUT2D eigenvalue weighted by Gasteiger charge is -2.37. The molecule has 3 unspecified atom stereocenters. The van der Waals surface area contributed by atoms with Gasteiger partial charge >= 0.3 is 0 Å². The van der Waals surface area contributed by atoms with Gasteiger partial charge in [0.25, 0.3) is 0 Å². The molecule has 1 heterocycles. The van der Waals surface area contributed by atoms with E-state index in [9.17, 15) is 0 Å². The summed E-state index contributed by atoms with van der Waals surface area (Å²) < 4.78 is 5.84. The van der Waals surface area contributed by atoms with Crippen molar-refractivity contribution in [2.24, 2.45) is 11.7 Å². The SMILES string of the molecule is COC1(c2nccc(CC(C)N)n2)CCCC(C)C1. The maximum absolute atomic E-state index is 5.85. The van der Waals surface area contributed by atoms with Crippen molar-refractivity contribution in [3.63, 3.8) is 0 Å². The molecule has 0 radical (unpaired) electrons. The molecule has 0 spiro atoms.